The summed E-state index contributed by atoms with van der Waals surface area (Å²) in [6, 6.07) is 8.69. The lowest BCUT2D eigenvalue weighted by Crippen LogP contribution is -2.31. The highest BCUT2D eigenvalue weighted by Gasteiger charge is 2.19. The number of carbonyl (C=O) groups excluding carboxylic acids is 1. The number of methoxy groups -OCH3 is 3. The maximum absolute atomic E-state index is 12.5. The van der Waals surface area contributed by atoms with Gasteiger partial charge in [-0.1, -0.05) is 0 Å². The molecule has 10 heteroatoms. The summed E-state index contributed by atoms with van der Waals surface area (Å²) in [5.74, 6) is 1.43. The third-order valence-electron chi connectivity index (χ3n) is 3.97. The highest BCUT2D eigenvalue weighted by Crippen LogP contribution is 2.40. The van der Waals surface area contributed by atoms with Gasteiger partial charge in [0.1, 0.15) is 0 Å². The van der Waals surface area contributed by atoms with Crippen LogP contribution < -0.4 is 24.7 Å². The van der Waals surface area contributed by atoms with E-state index in [9.17, 15) is 13.2 Å². The first-order chi connectivity index (χ1) is 13.2. The number of rotatable bonds is 7. The second kappa shape index (κ2) is 8.81. The first-order valence-electron chi connectivity index (χ1n) is 8.14. The molecular formula is C18H23N3O6S. The zero-order valence-electron chi connectivity index (χ0n) is 16.1. The molecule has 0 saturated carbocycles. The maximum atomic E-state index is 12.5. The molecule has 0 fully saturated rings. The van der Waals surface area contributed by atoms with Crippen LogP contribution in [-0.4, -0.2) is 47.7 Å². The van der Waals surface area contributed by atoms with Crippen LogP contribution in [0.1, 0.15) is 5.56 Å². The van der Waals surface area contributed by atoms with Crippen molar-refractivity contribution in [2.75, 3.05) is 33.7 Å². The van der Waals surface area contributed by atoms with Gasteiger partial charge in [0.05, 0.1) is 32.8 Å². The average Bonchev–Trinajstić information content (AvgIpc) is 2.66. The lowest BCUT2D eigenvalue weighted by molar-refractivity contribution is 0.220. The second-order valence-electron chi connectivity index (χ2n) is 5.85. The summed E-state index contributed by atoms with van der Waals surface area (Å²) >= 11 is 0. The number of benzene rings is 2. The number of carbonyl (C=O) groups is 1. The van der Waals surface area contributed by atoms with E-state index in [1.807, 2.05) is 0 Å². The number of ether oxygens (including phenoxy) is 3. The number of urea groups is 1. The minimum absolute atomic E-state index is 0.0334. The van der Waals surface area contributed by atoms with Crippen molar-refractivity contribution in [3.63, 3.8) is 0 Å². The smallest absolute Gasteiger partial charge is 0.321 e. The molecule has 2 rings (SSSR count). The fraction of sp³-hybridized carbons (Fsp3) is 0.278. The molecule has 0 bridgehead atoms. The van der Waals surface area contributed by atoms with Crippen LogP contribution >= 0.6 is 0 Å². The molecule has 2 aromatic carbocycles. The summed E-state index contributed by atoms with van der Waals surface area (Å²) in [5, 5.41) is 7.74. The molecule has 0 radical (unpaired) electrons. The van der Waals surface area contributed by atoms with E-state index in [1.54, 1.807) is 19.2 Å². The number of primary sulfonamides is 1. The van der Waals surface area contributed by atoms with Crippen molar-refractivity contribution < 1.29 is 27.4 Å². The number of nitrogens with zero attached hydrogens (tertiary/aromatic N) is 1. The van der Waals surface area contributed by atoms with Gasteiger partial charge in [-0.3, -0.25) is 0 Å². The van der Waals surface area contributed by atoms with Crippen molar-refractivity contribution in [2.24, 2.45) is 5.14 Å². The minimum atomic E-state index is -3.78. The Balaban J connectivity index is 2.14. The van der Waals surface area contributed by atoms with Crippen molar-refractivity contribution >= 4 is 21.7 Å². The van der Waals surface area contributed by atoms with Crippen LogP contribution in [0.2, 0.25) is 0 Å². The number of amides is 2. The Kier molecular flexibility index (Phi) is 6.71. The van der Waals surface area contributed by atoms with Gasteiger partial charge in [0.15, 0.2) is 11.5 Å². The summed E-state index contributed by atoms with van der Waals surface area (Å²) in [5.41, 5.74) is 1.16. The molecule has 0 aliphatic carbocycles. The largest absolute Gasteiger partial charge is 0.493 e. The Morgan fingerprint density at radius 3 is 2.11 bits per heavy atom. The normalized spacial score (nSPS) is 10.9. The van der Waals surface area contributed by atoms with Gasteiger partial charge >= 0.3 is 6.03 Å². The zero-order chi connectivity index (χ0) is 20.9. The molecule has 0 unspecified atom stereocenters. The third kappa shape index (κ3) is 4.84. The van der Waals surface area contributed by atoms with Crippen LogP contribution in [0.5, 0.6) is 17.2 Å². The molecule has 0 atom stereocenters. The molecule has 0 aliphatic heterocycles. The van der Waals surface area contributed by atoms with E-state index >= 15 is 0 Å². The van der Waals surface area contributed by atoms with Crippen molar-refractivity contribution in [1.82, 2.24) is 4.90 Å². The predicted molar refractivity (Wildman–Crippen MR) is 104 cm³/mol. The van der Waals surface area contributed by atoms with Gasteiger partial charge in [-0.05, 0) is 36.4 Å². The van der Waals surface area contributed by atoms with E-state index in [1.165, 1.54) is 50.5 Å². The van der Waals surface area contributed by atoms with E-state index in [-0.39, 0.29) is 17.5 Å². The topological polar surface area (TPSA) is 120 Å². The molecule has 2 aromatic rings. The molecule has 3 N–H and O–H groups in total. The van der Waals surface area contributed by atoms with Crippen LogP contribution in [0.25, 0.3) is 0 Å². The van der Waals surface area contributed by atoms with Crippen molar-refractivity contribution in [1.29, 1.82) is 0 Å². The number of anilines is 1. The van der Waals surface area contributed by atoms with Crippen LogP contribution in [0, 0.1) is 0 Å². The quantitative estimate of drug-likeness (QED) is 0.722. The van der Waals surface area contributed by atoms with E-state index in [0.717, 1.165) is 5.56 Å². The van der Waals surface area contributed by atoms with Gasteiger partial charge < -0.3 is 24.4 Å². The number of sulfonamides is 1. The lowest BCUT2D eigenvalue weighted by atomic mass is 10.1. The van der Waals surface area contributed by atoms with Crippen LogP contribution in [0.3, 0.4) is 0 Å². The van der Waals surface area contributed by atoms with E-state index in [0.29, 0.717) is 22.9 Å². The molecule has 0 saturated heterocycles. The molecule has 28 heavy (non-hydrogen) atoms. The number of nitrogens with one attached hydrogen (secondary N) is 1. The lowest BCUT2D eigenvalue weighted by Gasteiger charge is -2.21. The summed E-state index contributed by atoms with van der Waals surface area (Å²) in [4.78, 5) is 13.9. The Bertz CT molecular complexity index is 945. The molecule has 0 heterocycles. The van der Waals surface area contributed by atoms with Crippen molar-refractivity contribution in [3.05, 3.63) is 42.0 Å². The Morgan fingerprint density at radius 1 is 1.00 bits per heavy atom. The first kappa shape index (κ1) is 21.3. The Hall–Kier alpha value is -2.98. The number of hydrogen-bond donors (Lipinski definition) is 2. The van der Waals surface area contributed by atoms with E-state index < -0.39 is 10.0 Å². The summed E-state index contributed by atoms with van der Waals surface area (Å²) in [6.45, 7) is 0.241. The number of hydrogen-bond acceptors (Lipinski definition) is 6. The van der Waals surface area contributed by atoms with Crippen molar-refractivity contribution in [2.45, 2.75) is 11.4 Å². The third-order valence-corrected chi connectivity index (χ3v) is 4.90. The Labute approximate surface area is 164 Å². The minimum Gasteiger partial charge on any atom is -0.493 e. The highest BCUT2D eigenvalue weighted by atomic mass is 32.2. The highest BCUT2D eigenvalue weighted by molar-refractivity contribution is 7.89. The second-order valence-corrected chi connectivity index (χ2v) is 7.41. The first-order valence-corrected chi connectivity index (χ1v) is 9.68. The molecule has 152 valence electrons. The molecular weight excluding hydrogens is 386 g/mol. The van der Waals surface area contributed by atoms with Crippen molar-refractivity contribution in [3.8, 4) is 17.2 Å². The summed E-state index contributed by atoms with van der Waals surface area (Å²) in [7, 11) is 2.37. The fourth-order valence-corrected chi connectivity index (χ4v) is 3.08. The van der Waals surface area contributed by atoms with Gasteiger partial charge in [0, 0.05) is 18.3 Å². The van der Waals surface area contributed by atoms with Gasteiger partial charge in [0.25, 0.3) is 0 Å². The molecule has 9 nitrogen and oxygen atoms in total. The zero-order valence-corrected chi connectivity index (χ0v) is 16.9. The van der Waals surface area contributed by atoms with Gasteiger partial charge in [-0.2, -0.15) is 0 Å². The maximum Gasteiger partial charge on any atom is 0.321 e. The van der Waals surface area contributed by atoms with E-state index in [2.05, 4.69) is 5.32 Å². The predicted octanol–water partition coefficient (Wildman–Crippen LogP) is 2.02. The Morgan fingerprint density at radius 2 is 1.61 bits per heavy atom. The number of nitrogens with two attached hydrogens (primary N) is 1. The summed E-state index contributed by atoms with van der Waals surface area (Å²) < 4.78 is 38.6. The molecule has 0 spiro atoms. The van der Waals surface area contributed by atoms with Gasteiger partial charge in [0.2, 0.25) is 15.8 Å². The van der Waals surface area contributed by atoms with Crippen LogP contribution in [0.4, 0.5) is 10.5 Å². The molecule has 2 amide bonds. The summed E-state index contributed by atoms with van der Waals surface area (Å²) in [6.07, 6.45) is 0. The SMILES string of the molecule is COc1ccc(CN(C)C(=O)Nc2ccc(S(N)(=O)=O)cc2)c(OC)c1OC. The van der Waals surface area contributed by atoms with Crippen LogP contribution in [-0.2, 0) is 16.6 Å². The van der Waals surface area contributed by atoms with Gasteiger partial charge in [-0.15, -0.1) is 0 Å². The standard InChI is InChI=1S/C18H23N3O6S/c1-21(11-12-5-10-15(25-2)17(27-4)16(12)26-3)18(22)20-13-6-8-14(9-7-13)28(19,23)24/h5-10H,11H2,1-4H3,(H,20,22)(H2,19,23,24). The van der Waals surface area contributed by atoms with Crippen LogP contribution in [0.15, 0.2) is 41.3 Å². The van der Waals surface area contributed by atoms with Gasteiger partial charge in [-0.25, -0.2) is 18.4 Å². The van der Waals surface area contributed by atoms with E-state index in [4.69, 9.17) is 19.3 Å². The fourth-order valence-electron chi connectivity index (χ4n) is 2.56. The molecule has 0 aliphatic rings. The monoisotopic (exact) mass is 409 g/mol. The average molecular weight is 409 g/mol. The molecule has 0 aromatic heterocycles.